The van der Waals surface area contributed by atoms with Crippen LogP contribution in [0.5, 0.6) is 0 Å². The summed E-state index contributed by atoms with van der Waals surface area (Å²) in [6.07, 6.45) is 13.5. The highest BCUT2D eigenvalue weighted by molar-refractivity contribution is 5.79. The quantitative estimate of drug-likeness (QED) is 0.636. The molecule has 2 aromatic rings. The van der Waals surface area contributed by atoms with Crippen LogP contribution in [0.15, 0.2) is 30.6 Å². The van der Waals surface area contributed by atoms with Crippen LogP contribution in [0.4, 0.5) is 10.1 Å². The van der Waals surface area contributed by atoms with E-state index in [1.54, 1.807) is 12.3 Å². The van der Waals surface area contributed by atoms with Crippen molar-refractivity contribution in [1.82, 2.24) is 14.7 Å². The van der Waals surface area contributed by atoms with Crippen LogP contribution in [0.2, 0.25) is 0 Å². The minimum absolute atomic E-state index is 0.0149. The molecule has 0 radical (unpaired) electrons. The Labute approximate surface area is 201 Å². The van der Waals surface area contributed by atoms with Gasteiger partial charge in [-0.25, -0.2) is 9.07 Å². The molecule has 1 aliphatic carbocycles. The monoisotopic (exact) mass is 466 g/mol. The molecule has 182 valence electrons. The summed E-state index contributed by atoms with van der Waals surface area (Å²) in [5.41, 5.74) is 2.53. The molecule has 1 spiro atoms. The number of anilines is 1. The number of ether oxygens (including phenoxy) is 1. The number of hydrogen-bond acceptors (Lipinski definition) is 4. The van der Waals surface area contributed by atoms with Crippen molar-refractivity contribution in [1.29, 1.82) is 0 Å². The number of carbonyl (C=O) groups excluding carboxylic acids is 1. The third kappa shape index (κ3) is 4.12. The summed E-state index contributed by atoms with van der Waals surface area (Å²) in [4.78, 5) is 17.2. The molecule has 1 amide bonds. The van der Waals surface area contributed by atoms with E-state index >= 15 is 4.39 Å². The van der Waals surface area contributed by atoms with Crippen LogP contribution < -0.4 is 4.90 Å². The zero-order valence-corrected chi connectivity index (χ0v) is 19.9. The summed E-state index contributed by atoms with van der Waals surface area (Å²) in [5.74, 6) is 0.419. The van der Waals surface area contributed by atoms with Gasteiger partial charge in [0.2, 0.25) is 5.91 Å². The molecule has 4 heterocycles. The molecule has 3 aliphatic heterocycles. The van der Waals surface area contributed by atoms with Gasteiger partial charge >= 0.3 is 0 Å². The van der Waals surface area contributed by atoms with E-state index in [0.717, 1.165) is 88.9 Å². The zero-order chi connectivity index (χ0) is 23.1. The van der Waals surface area contributed by atoms with Gasteiger partial charge in [-0.05, 0) is 62.6 Å². The Morgan fingerprint density at radius 1 is 1.03 bits per heavy atom. The van der Waals surface area contributed by atoms with Gasteiger partial charge in [0.05, 0.1) is 11.9 Å². The number of hydrogen-bond donors (Lipinski definition) is 0. The number of halogens is 1. The minimum atomic E-state index is -0.187. The summed E-state index contributed by atoms with van der Waals surface area (Å²) in [7, 11) is 0. The molecule has 1 aromatic carbocycles. The van der Waals surface area contributed by atoms with Crippen LogP contribution in [0.1, 0.15) is 64.0 Å². The Morgan fingerprint density at radius 3 is 2.65 bits per heavy atom. The summed E-state index contributed by atoms with van der Waals surface area (Å²) in [5, 5.41) is 4.47. The molecule has 4 aliphatic rings. The predicted octanol–water partition coefficient (Wildman–Crippen LogP) is 5.01. The summed E-state index contributed by atoms with van der Waals surface area (Å²) < 4.78 is 23.0. The SMILES string of the molecule is O=C(C1CCCC1)N1CCC2(CCN(c3ccc(-c4cnn(C5CCCCO5)c4)cc3F)C2)C1. The number of amides is 1. The molecule has 2 unspecified atom stereocenters. The molecule has 1 aromatic heterocycles. The summed E-state index contributed by atoms with van der Waals surface area (Å²) >= 11 is 0. The fraction of sp³-hybridized carbons (Fsp3) is 0.630. The third-order valence-electron chi connectivity index (χ3n) is 8.57. The number of nitrogens with zero attached hydrogens (tertiary/aromatic N) is 4. The second kappa shape index (κ2) is 8.99. The van der Waals surface area contributed by atoms with Crippen LogP contribution in [0.3, 0.4) is 0 Å². The Kier molecular flexibility index (Phi) is 5.84. The first kappa shape index (κ1) is 22.1. The molecule has 0 N–H and O–H groups in total. The van der Waals surface area contributed by atoms with Gasteiger partial charge in [-0.2, -0.15) is 5.10 Å². The maximum atomic E-state index is 15.3. The lowest BCUT2D eigenvalue weighted by Gasteiger charge is -2.27. The molecule has 0 bridgehead atoms. The molecule has 34 heavy (non-hydrogen) atoms. The number of aromatic nitrogens is 2. The Hall–Kier alpha value is -2.41. The van der Waals surface area contributed by atoms with Crippen molar-refractivity contribution >= 4 is 11.6 Å². The maximum Gasteiger partial charge on any atom is 0.225 e. The highest BCUT2D eigenvalue weighted by Gasteiger charge is 2.46. The average molecular weight is 467 g/mol. The number of rotatable bonds is 4. The molecule has 6 rings (SSSR count). The second-order valence-electron chi connectivity index (χ2n) is 10.9. The van der Waals surface area contributed by atoms with Gasteiger partial charge in [-0.3, -0.25) is 4.79 Å². The average Bonchev–Trinajstić information content (AvgIpc) is 3.67. The highest BCUT2D eigenvalue weighted by atomic mass is 19.1. The lowest BCUT2D eigenvalue weighted by molar-refractivity contribution is -0.134. The van der Waals surface area contributed by atoms with Crippen LogP contribution in [-0.2, 0) is 9.53 Å². The van der Waals surface area contributed by atoms with E-state index < -0.39 is 0 Å². The van der Waals surface area contributed by atoms with Gasteiger partial charge in [0.1, 0.15) is 12.0 Å². The van der Waals surface area contributed by atoms with Crippen molar-refractivity contribution in [3.8, 4) is 11.1 Å². The molecule has 7 heteroatoms. The Bertz CT molecular complexity index is 1040. The van der Waals surface area contributed by atoms with Crippen molar-refractivity contribution in [3.05, 3.63) is 36.4 Å². The molecular weight excluding hydrogens is 431 g/mol. The van der Waals surface area contributed by atoms with Gasteiger partial charge < -0.3 is 14.5 Å². The second-order valence-corrected chi connectivity index (χ2v) is 10.9. The lowest BCUT2D eigenvalue weighted by atomic mass is 9.86. The van der Waals surface area contributed by atoms with Crippen LogP contribution >= 0.6 is 0 Å². The predicted molar refractivity (Wildman–Crippen MR) is 129 cm³/mol. The first-order valence-corrected chi connectivity index (χ1v) is 13.1. The molecule has 2 atom stereocenters. The van der Waals surface area contributed by atoms with Gasteiger partial charge in [0.15, 0.2) is 0 Å². The molecule has 6 nitrogen and oxygen atoms in total. The van der Waals surface area contributed by atoms with Crippen molar-refractivity contribution in [2.45, 2.75) is 64.0 Å². The van der Waals surface area contributed by atoms with Crippen molar-refractivity contribution in [3.63, 3.8) is 0 Å². The third-order valence-corrected chi connectivity index (χ3v) is 8.57. The first-order valence-electron chi connectivity index (χ1n) is 13.1. The van der Waals surface area contributed by atoms with E-state index in [4.69, 9.17) is 4.74 Å². The van der Waals surface area contributed by atoms with Gasteiger partial charge in [0, 0.05) is 55.9 Å². The van der Waals surface area contributed by atoms with E-state index in [2.05, 4.69) is 14.9 Å². The van der Waals surface area contributed by atoms with Crippen molar-refractivity contribution in [2.75, 3.05) is 37.7 Å². The number of carbonyl (C=O) groups is 1. The molecule has 1 saturated carbocycles. The number of likely N-dealkylation sites (tertiary alicyclic amines) is 1. The van der Waals surface area contributed by atoms with Gasteiger partial charge in [-0.1, -0.05) is 18.9 Å². The van der Waals surface area contributed by atoms with E-state index in [0.29, 0.717) is 11.6 Å². The van der Waals surface area contributed by atoms with E-state index in [1.807, 2.05) is 23.0 Å². The largest absolute Gasteiger partial charge is 0.369 e. The first-order chi connectivity index (χ1) is 16.6. The fourth-order valence-corrected chi connectivity index (χ4v) is 6.55. The summed E-state index contributed by atoms with van der Waals surface area (Å²) in [6, 6.07) is 5.54. The molecular formula is C27H35FN4O2. The smallest absolute Gasteiger partial charge is 0.225 e. The number of benzene rings is 1. The lowest BCUT2D eigenvalue weighted by Crippen LogP contribution is -2.36. The fourth-order valence-electron chi connectivity index (χ4n) is 6.55. The molecule has 3 saturated heterocycles. The van der Waals surface area contributed by atoms with Gasteiger partial charge in [-0.15, -0.1) is 0 Å². The van der Waals surface area contributed by atoms with E-state index in [1.165, 1.54) is 12.8 Å². The molecule has 4 fully saturated rings. The highest BCUT2D eigenvalue weighted by Crippen LogP contribution is 2.43. The van der Waals surface area contributed by atoms with E-state index in [9.17, 15) is 4.79 Å². The van der Waals surface area contributed by atoms with Crippen molar-refractivity contribution < 1.29 is 13.9 Å². The Morgan fingerprint density at radius 2 is 1.85 bits per heavy atom. The zero-order valence-electron chi connectivity index (χ0n) is 19.9. The minimum Gasteiger partial charge on any atom is -0.369 e. The van der Waals surface area contributed by atoms with Gasteiger partial charge in [0.25, 0.3) is 0 Å². The van der Waals surface area contributed by atoms with Crippen LogP contribution in [0, 0.1) is 17.2 Å². The summed E-state index contributed by atoms with van der Waals surface area (Å²) in [6.45, 7) is 4.14. The van der Waals surface area contributed by atoms with Crippen LogP contribution in [0.25, 0.3) is 11.1 Å². The van der Waals surface area contributed by atoms with E-state index in [-0.39, 0.29) is 23.4 Å². The maximum absolute atomic E-state index is 15.3. The van der Waals surface area contributed by atoms with Crippen molar-refractivity contribution in [2.24, 2.45) is 11.3 Å². The topological polar surface area (TPSA) is 50.6 Å². The van der Waals surface area contributed by atoms with Crippen LogP contribution in [-0.4, -0.2) is 53.4 Å². The Balaban J connectivity index is 1.12. The normalized spacial score (nSPS) is 27.9. The standard InChI is InChI=1S/C27H35FN4O2/c28-23-15-21(22-16-29-32(17-22)25-7-3-4-14-34-25)8-9-24(23)30-12-10-27(18-30)11-13-31(19-27)26(33)20-5-1-2-6-20/h8-9,15-17,20,25H,1-7,10-14,18-19H2.